The van der Waals surface area contributed by atoms with E-state index in [0.29, 0.717) is 5.78 Å². The summed E-state index contributed by atoms with van der Waals surface area (Å²) < 4.78 is -0.214. The Bertz CT molecular complexity index is 177. The Morgan fingerprint density at radius 1 is 1.67 bits per heavy atom. The van der Waals surface area contributed by atoms with E-state index in [9.17, 15) is 4.79 Å². The lowest BCUT2D eigenvalue weighted by Crippen LogP contribution is -2.41. The summed E-state index contributed by atoms with van der Waals surface area (Å²) in [5, 5.41) is 0. The number of alkyl halides is 2. The van der Waals surface area contributed by atoms with Crippen molar-refractivity contribution in [2.45, 2.75) is 48.2 Å². The zero-order valence-corrected chi connectivity index (χ0v) is 10.4. The summed E-state index contributed by atoms with van der Waals surface area (Å²) in [4.78, 5) is 11.8. The number of ketones is 1. The van der Waals surface area contributed by atoms with E-state index in [0.717, 1.165) is 32.1 Å². The number of hydrogen-bond acceptors (Lipinski definition) is 1. The van der Waals surface area contributed by atoms with E-state index in [1.165, 1.54) is 0 Å². The summed E-state index contributed by atoms with van der Waals surface area (Å²) in [5.41, 5.74) is 0. The molecule has 0 radical (unpaired) electrons. The van der Waals surface area contributed by atoms with Crippen LogP contribution in [0, 0.1) is 0 Å². The van der Waals surface area contributed by atoms with Crippen LogP contribution in [-0.2, 0) is 4.79 Å². The van der Waals surface area contributed by atoms with Crippen molar-refractivity contribution >= 4 is 37.6 Å². The van der Waals surface area contributed by atoms with Crippen LogP contribution in [0.4, 0.5) is 0 Å². The molecule has 0 N–H and O–H groups in total. The van der Waals surface area contributed by atoms with Gasteiger partial charge in [-0.2, -0.15) is 0 Å². The SMILES string of the molecule is CCCC1(Br)CCCC(Br)C1=O. The first kappa shape index (κ1) is 10.7. The van der Waals surface area contributed by atoms with E-state index < -0.39 is 0 Å². The summed E-state index contributed by atoms with van der Waals surface area (Å²) in [6.45, 7) is 2.12. The topological polar surface area (TPSA) is 17.1 Å². The molecule has 1 aliphatic carbocycles. The first-order chi connectivity index (χ1) is 5.60. The molecule has 2 atom stereocenters. The first-order valence-electron chi connectivity index (χ1n) is 4.47. The molecule has 1 fully saturated rings. The number of carbonyl (C=O) groups is 1. The molecule has 2 unspecified atom stereocenters. The maximum absolute atomic E-state index is 11.7. The van der Waals surface area contributed by atoms with Gasteiger partial charge in [0.05, 0.1) is 9.15 Å². The Labute approximate surface area is 90.5 Å². The van der Waals surface area contributed by atoms with Gasteiger partial charge in [0.2, 0.25) is 0 Å². The third kappa shape index (κ3) is 2.11. The van der Waals surface area contributed by atoms with Crippen LogP contribution < -0.4 is 0 Å². The highest BCUT2D eigenvalue weighted by Gasteiger charge is 2.40. The van der Waals surface area contributed by atoms with Crippen LogP contribution in [0.5, 0.6) is 0 Å². The van der Waals surface area contributed by atoms with Crippen LogP contribution in [-0.4, -0.2) is 14.9 Å². The van der Waals surface area contributed by atoms with E-state index in [2.05, 4.69) is 38.8 Å². The maximum atomic E-state index is 11.7. The van der Waals surface area contributed by atoms with Crippen molar-refractivity contribution in [2.24, 2.45) is 0 Å². The fourth-order valence-corrected chi connectivity index (χ4v) is 3.76. The number of hydrogen-bond donors (Lipinski definition) is 0. The second kappa shape index (κ2) is 4.23. The third-order valence-electron chi connectivity index (χ3n) is 2.40. The molecule has 12 heavy (non-hydrogen) atoms. The molecule has 0 saturated heterocycles. The van der Waals surface area contributed by atoms with Crippen molar-refractivity contribution in [3.63, 3.8) is 0 Å². The van der Waals surface area contributed by atoms with Gasteiger partial charge >= 0.3 is 0 Å². The smallest absolute Gasteiger partial charge is 0.163 e. The quantitative estimate of drug-likeness (QED) is 0.714. The van der Waals surface area contributed by atoms with Gasteiger partial charge in [-0.05, 0) is 19.3 Å². The van der Waals surface area contributed by atoms with Crippen LogP contribution in [0.3, 0.4) is 0 Å². The molecular weight excluding hydrogens is 284 g/mol. The minimum atomic E-state index is -0.214. The highest BCUT2D eigenvalue weighted by atomic mass is 79.9. The van der Waals surface area contributed by atoms with Crippen molar-refractivity contribution in [2.75, 3.05) is 0 Å². The molecule has 0 bridgehead atoms. The standard InChI is InChI=1S/C9H14Br2O/c1-2-5-9(11)6-3-4-7(10)8(9)12/h7H,2-6H2,1H3. The number of halogens is 2. The molecule has 0 aromatic carbocycles. The van der Waals surface area contributed by atoms with E-state index in [4.69, 9.17) is 0 Å². The summed E-state index contributed by atoms with van der Waals surface area (Å²) >= 11 is 7.00. The molecule has 70 valence electrons. The Morgan fingerprint density at radius 3 is 2.92 bits per heavy atom. The average molecular weight is 298 g/mol. The highest BCUT2D eigenvalue weighted by Crippen LogP contribution is 2.39. The van der Waals surface area contributed by atoms with Crippen LogP contribution in [0.15, 0.2) is 0 Å². The fourth-order valence-electron chi connectivity index (χ4n) is 1.74. The molecule has 0 heterocycles. The monoisotopic (exact) mass is 296 g/mol. The summed E-state index contributed by atoms with van der Waals surface area (Å²) in [5.74, 6) is 0.343. The van der Waals surface area contributed by atoms with Gasteiger partial charge in [-0.3, -0.25) is 4.79 Å². The Morgan fingerprint density at radius 2 is 2.33 bits per heavy atom. The lowest BCUT2D eigenvalue weighted by molar-refractivity contribution is -0.122. The molecular formula is C9H14Br2O. The average Bonchev–Trinajstić information content (AvgIpc) is 2.01. The molecule has 0 aliphatic heterocycles. The van der Waals surface area contributed by atoms with Crippen LogP contribution >= 0.6 is 31.9 Å². The van der Waals surface area contributed by atoms with E-state index >= 15 is 0 Å². The molecule has 3 heteroatoms. The minimum absolute atomic E-state index is 0.0807. The highest BCUT2D eigenvalue weighted by molar-refractivity contribution is 9.11. The lowest BCUT2D eigenvalue weighted by Gasteiger charge is -2.32. The van der Waals surface area contributed by atoms with Gasteiger partial charge in [-0.15, -0.1) is 0 Å². The zero-order valence-electron chi connectivity index (χ0n) is 7.28. The van der Waals surface area contributed by atoms with Gasteiger partial charge in [0.25, 0.3) is 0 Å². The van der Waals surface area contributed by atoms with Crippen molar-refractivity contribution < 1.29 is 4.79 Å². The van der Waals surface area contributed by atoms with Crippen molar-refractivity contribution in [1.82, 2.24) is 0 Å². The fraction of sp³-hybridized carbons (Fsp3) is 0.889. The van der Waals surface area contributed by atoms with E-state index in [1.54, 1.807) is 0 Å². The summed E-state index contributed by atoms with van der Waals surface area (Å²) in [7, 11) is 0. The second-order valence-electron chi connectivity index (χ2n) is 3.44. The predicted molar refractivity (Wildman–Crippen MR) is 58.1 cm³/mol. The molecule has 1 saturated carbocycles. The number of rotatable bonds is 2. The molecule has 1 rings (SSSR count). The Hall–Kier alpha value is 0.630. The Kier molecular flexibility index (Phi) is 3.77. The molecule has 1 aliphatic rings. The van der Waals surface area contributed by atoms with Crippen LogP contribution in [0.2, 0.25) is 0 Å². The zero-order chi connectivity index (χ0) is 9.19. The van der Waals surface area contributed by atoms with E-state index in [1.807, 2.05) is 0 Å². The van der Waals surface area contributed by atoms with Gasteiger partial charge in [-0.1, -0.05) is 51.6 Å². The second-order valence-corrected chi connectivity index (χ2v) is 6.06. The molecule has 0 aromatic rings. The lowest BCUT2D eigenvalue weighted by atomic mass is 9.85. The molecule has 1 nitrogen and oxygen atoms in total. The normalized spacial score (nSPS) is 36.9. The van der Waals surface area contributed by atoms with Gasteiger partial charge < -0.3 is 0 Å². The van der Waals surface area contributed by atoms with E-state index in [-0.39, 0.29) is 9.15 Å². The first-order valence-corrected chi connectivity index (χ1v) is 6.18. The number of carbonyl (C=O) groups excluding carboxylic acids is 1. The maximum Gasteiger partial charge on any atom is 0.163 e. The summed E-state index contributed by atoms with van der Waals surface area (Å²) in [6, 6.07) is 0. The van der Waals surface area contributed by atoms with Gasteiger partial charge in [0.1, 0.15) is 0 Å². The van der Waals surface area contributed by atoms with Crippen molar-refractivity contribution in [1.29, 1.82) is 0 Å². The van der Waals surface area contributed by atoms with Gasteiger partial charge in [0.15, 0.2) is 5.78 Å². The predicted octanol–water partition coefficient (Wildman–Crippen LogP) is 3.44. The molecule has 0 spiro atoms. The van der Waals surface area contributed by atoms with Crippen molar-refractivity contribution in [3.8, 4) is 0 Å². The third-order valence-corrected chi connectivity index (χ3v) is 4.46. The van der Waals surface area contributed by atoms with Crippen LogP contribution in [0.25, 0.3) is 0 Å². The van der Waals surface area contributed by atoms with Crippen molar-refractivity contribution in [3.05, 3.63) is 0 Å². The van der Waals surface area contributed by atoms with Gasteiger partial charge in [0, 0.05) is 0 Å². The summed E-state index contributed by atoms with van der Waals surface area (Å²) in [6.07, 6.45) is 5.18. The minimum Gasteiger partial charge on any atom is -0.297 e. The molecule has 0 amide bonds. The Balaban J connectivity index is 2.67. The molecule has 0 aromatic heterocycles. The van der Waals surface area contributed by atoms with Gasteiger partial charge in [-0.25, -0.2) is 0 Å². The number of Topliss-reactive ketones (excluding diaryl/α,β-unsaturated/α-hetero) is 1. The van der Waals surface area contributed by atoms with Crippen LogP contribution in [0.1, 0.15) is 39.0 Å². The largest absolute Gasteiger partial charge is 0.297 e.